The van der Waals surface area contributed by atoms with Crippen molar-refractivity contribution in [1.82, 2.24) is 20.1 Å². The average molecular weight is 370 g/mol. The molecule has 1 amide bonds. The molecule has 0 bridgehead atoms. The lowest BCUT2D eigenvalue weighted by Gasteiger charge is -2.11. The monoisotopic (exact) mass is 370 g/mol. The van der Waals surface area contributed by atoms with Gasteiger partial charge in [0, 0.05) is 17.3 Å². The number of unbranched alkanes of at least 4 members (excludes halogenated alkanes) is 2. The van der Waals surface area contributed by atoms with Crippen LogP contribution in [0.4, 0.5) is 0 Å². The number of thiazole rings is 1. The van der Waals surface area contributed by atoms with Crippen molar-refractivity contribution in [2.45, 2.75) is 46.2 Å². The normalized spacial score (nSPS) is 11.0. The molecule has 0 atom stereocenters. The van der Waals surface area contributed by atoms with Crippen LogP contribution in [0.25, 0.3) is 10.8 Å². The third-order valence-corrected chi connectivity index (χ3v) is 4.98. The van der Waals surface area contributed by atoms with Gasteiger partial charge in [0.2, 0.25) is 0 Å². The van der Waals surface area contributed by atoms with Crippen molar-refractivity contribution in [2.24, 2.45) is 0 Å². The molecule has 6 nitrogen and oxygen atoms in total. The standard InChI is InChI=1S/C19H22N4O2S/c1-3-4-7-10-23-19(25)16-9-6-5-8-15(16)17(22-23)18(24)20-11-14-12-26-13(2)21-14/h5-6,8-9,12H,3-4,7,10-11H2,1-2H3,(H,20,24). The molecule has 0 radical (unpaired) electrons. The minimum absolute atomic E-state index is 0.150. The highest BCUT2D eigenvalue weighted by Gasteiger charge is 2.16. The second-order valence-corrected chi connectivity index (χ2v) is 7.23. The first-order valence-corrected chi connectivity index (χ1v) is 9.67. The largest absolute Gasteiger partial charge is 0.345 e. The molecule has 0 aliphatic rings. The van der Waals surface area contributed by atoms with Crippen LogP contribution in [0.1, 0.15) is 47.4 Å². The van der Waals surface area contributed by atoms with Gasteiger partial charge in [0.05, 0.1) is 22.6 Å². The molecule has 136 valence electrons. The fourth-order valence-corrected chi connectivity index (χ4v) is 3.42. The predicted octanol–water partition coefficient (Wildman–Crippen LogP) is 3.28. The van der Waals surface area contributed by atoms with Crippen LogP contribution in [0, 0.1) is 6.92 Å². The molecule has 0 aliphatic heterocycles. The molecule has 0 spiro atoms. The topological polar surface area (TPSA) is 76.9 Å². The Morgan fingerprint density at radius 1 is 1.23 bits per heavy atom. The molecule has 0 fully saturated rings. The zero-order valence-electron chi connectivity index (χ0n) is 15.0. The Labute approximate surface area is 155 Å². The molecule has 7 heteroatoms. The molecule has 2 heterocycles. The molecule has 1 N–H and O–H groups in total. The zero-order chi connectivity index (χ0) is 18.5. The highest BCUT2D eigenvalue weighted by atomic mass is 32.1. The van der Waals surface area contributed by atoms with Crippen molar-refractivity contribution in [1.29, 1.82) is 0 Å². The van der Waals surface area contributed by atoms with Gasteiger partial charge >= 0.3 is 0 Å². The highest BCUT2D eigenvalue weighted by molar-refractivity contribution is 7.09. The quantitative estimate of drug-likeness (QED) is 0.648. The van der Waals surface area contributed by atoms with Crippen LogP contribution < -0.4 is 10.9 Å². The maximum atomic E-state index is 12.7. The van der Waals surface area contributed by atoms with Crippen molar-refractivity contribution in [3.63, 3.8) is 0 Å². The molecule has 3 aromatic rings. The van der Waals surface area contributed by atoms with Gasteiger partial charge in [-0.1, -0.05) is 38.0 Å². The summed E-state index contributed by atoms with van der Waals surface area (Å²) >= 11 is 1.55. The van der Waals surface area contributed by atoms with Crippen LogP contribution in [0.15, 0.2) is 34.4 Å². The fourth-order valence-electron chi connectivity index (χ4n) is 2.81. The van der Waals surface area contributed by atoms with Crippen LogP contribution in [0.2, 0.25) is 0 Å². The maximum Gasteiger partial charge on any atom is 0.274 e. The summed E-state index contributed by atoms with van der Waals surface area (Å²) in [5, 5.41) is 11.2. The van der Waals surface area contributed by atoms with Crippen LogP contribution in [0.5, 0.6) is 0 Å². The Bertz CT molecular complexity index is 977. The molecule has 0 saturated heterocycles. The van der Waals surface area contributed by atoms with Crippen LogP contribution in [0.3, 0.4) is 0 Å². The van der Waals surface area contributed by atoms with Gasteiger partial charge in [-0.15, -0.1) is 11.3 Å². The maximum absolute atomic E-state index is 12.7. The van der Waals surface area contributed by atoms with E-state index in [4.69, 9.17) is 0 Å². The number of benzene rings is 1. The number of fused-ring (bicyclic) bond motifs is 1. The van der Waals surface area contributed by atoms with E-state index < -0.39 is 0 Å². The Morgan fingerprint density at radius 3 is 2.69 bits per heavy atom. The summed E-state index contributed by atoms with van der Waals surface area (Å²) in [6.07, 6.45) is 2.94. The predicted molar refractivity (Wildman–Crippen MR) is 104 cm³/mol. The second kappa shape index (κ2) is 8.23. The molecule has 0 unspecified atom stereocenters. The highest BCUT2D eigenvalue weighted by Crippen LogP contribution is 2.14. The number of aryl methyl sites for hydroxylation is 2. The number of nitrogens with one attached hydrogen (secondary N) is 1. The third-order valence-electron chi connectivity index (χ3n) is 4.15. The lowest BCUT2D eigenvalue weighted by molar-refractivity contribution is 0.0945. The van der Waals surface area contributed by atoms with Gasteiger partial charge in [-0.05, 0) is 19.4 Å². The first-order valence-electron chi connectivity index (χ1n) is 8.79. The Balaban J connectivity index is 1.91. The number of aromatic nitrogens is 3. The lowest BCUT2D eigenvalue weighted by Crippen LogP contribution is -2.30. The van der Waals surface area contributed by atoms with Crippen LogP contribution in [-0.2, 0) is 13.1 Å². The molecule has 26 heavy (non-hydrogen) atoms. The van der Waals surface area contributed by atoms with E-state index in [1.54, 1.807) is 29.5 Å². The molecule has 3 rings (SSSR count). The summed E-state index contributed by atoms with van der Waals surface area (Å²) in [5.74, 6) is -0.295. The summed E-state index contributed by atoms with van der Waals surface area (Å²) in [7, 11) is 0. The molecular weight excluding hydrogens is 348 g/mol. The minimum Gasteiger partial charge on any atom is -0.345 e. The third kappa shape index (κ3) is 3.99. The number of carbonyl (C=O) groups excluding carboxylic acids is 1. The fraction of sp³-hybridized carbons (Fsp3) is 0.368. The smallest absolute Gasteiger partial charge is 0.274 e. The number of hydrogen-bond acceptors (Lipinski definition) is 5. The van der Waals surface area contributed by atoms with Gasteiger partial charge in [0.25, 0.3) is 11.5 Å². The van der Waals surface area contributed by atoms with E-state index in [1.165, 1.54) is 4.68 Å². The molecule has 1 aromatic carbocycles. The van der Waals surface area contributed by atoms with E-state index in [-0.39, 0.29) is 17.2 Å². The summed E-state index contributed by atoms with van der Waals surface area (Å²) in [6.45, 7) is 4.89. The molecular formula is C19H22N4O2S. The van der Waals surface area contributed by atoms with E-state index in [2.05, 4.69) is 22.3 Å². The summed E-state index contributed by atoms with van der Waals surface area (Å²) in [5.41, 5.74) is 0.952. The zero-order valence-corrected chi connectivity index (χ0v) is 15.8. The number of amides is 1. The number of hydrogen-bond donors (Lipinski definition) is 1. The van der Waals surface area contributed by atoms with Gasteiger partial charge < -0.3 is 5.32 Å². The lowest BCUT2D eigenvalue weighted by atomic mass is 10.1. The second-order valence-electron chi connectivity index (χ2n) is 6.17. The summed E-state index contributed by atoms with van der Waals surface area (Å²) in [6, 6.07) is 7.13. The van der Waals surface area contributed by atoms with Crippen molar-refractivity contribution >= 4 is 28.0 Å². The van der Waals surface area contributed by atoms with Crippen molar-refractivity contribution < 1.29 is 4.79 Å². The Kier molecular flexibility index (Phi) is 5.78. The molecule has 0 aliphatic carbocycles. The van der Waals surface area contributed by atoms with Crippen molar-refractivity contribution in [3.8, 4) is 0 Å². The van der Waals surface area contributed by atoms with E-state index in [0.717, 1.165) is 30.0 Å². The van der Waals surface area contributed by atoms with Gasteiger partial charge in [-0.2, -0.15) is 5.10 Å². The van der Waals surface area contributed by atoms with Crippen molar-refractivity contribution in [2.75, 3.05) is 0 Å². The number of nitrogens with zero attached hydrogens (tertiary/aromatic N) is 3. The first kappa shape index (κ1) is 18.3. The molecule has 0 saturated carbocycles. The van der Waals surface area contributed by atoms with Gasteiger partial charge in [0.1, 0.15) is 0 Å². The Hall–Kier alpha value is -2.54. The van der Waals surface area contributed by atoms with Crippen LogP contribution in [-0.4, -0.2) is 20.7 Å². The SMILES string of the molecule is CCCCCn1nc(C(=O)NCc2csc(C)n2)c2ccccc2c1=O. The first-order chi connectivity index (χ1) is 12.6. The average Bonchev–Trinajstić information content (AvgIpc) is 3.07. The van der Waals surface area contributed by atoms with Gasteiger partial charge in [-0.25, -0.2) is 9.67 Å². The van der Waals surface area contributed by atoms with E-state index in [9.17, 15) is 9.59 Å². The van der Waals surface area contributed by atoms with Crippen molar-refractivity contribution in [3.05, 3.63) is 56.4 Å². The van der Waals surface area contributed by atoms with E-state index in [0.29, 0.717) is 23.9 Å². The summed E-state index contributed by atoms with van der Waals surface area (Å²) in [4.78, 5) is 29.7. The van der Waals surface area contributed by atoms with Crippen LogP contribution >= 0.6 is 11.3 Å². The number of carbonyl (C=O) groups is 1. The number of rotatable bonds is 7. The van der Waals surface area contributed by atoms with Gasteiger partial charge in [0.15, 0.2) is 5.69 Å². The van der Waals surface area contributed by atoms with E-state index in [1.807, 2.05) is 18.4 Å². The van der Waals surface area contributed by atoms with Gasteiger partial charge in [-0.3, -0.25) is 9.59 Å². The Morgan fingerprint density at radius 2 is 2.00 bits per heavy atom. The van der Waals surface area contributed by atoms with E-state index >= 15 is 0 Å². The minimum atomic E-state index is -0.295. The molecule has 2 aromatic heterocycles. The summed E-state index contributed by atoms with van der Waals surface area (Å²) < 4.78 is 1.42.